The van der Waals surface area contributed by atoms with Crippen molar-refractivity contribution < 1.29 is 9.53 Å². The van der Waals surface area contributed by atoms with Crippen molar-refractivity contribution in [1.82, 2.24) is 9.80 Å². The lowest BCUT2D eigenvalue weighted by Gasteiger charge is -2.38. The number of nitriles is 1. The minimum atomic E-state index is -0.268. The molecule has 1 amide bonds. The molecule has 2 atom stereocenters. The summed E-state index contributed by atoms with van der Waals surface area (Å²) in [4.78, 5) is 16.0. The van der Waals surface area contributed by atoms with Gasteiger partial charge >= 0.3 is 0 Å². The number of ether oxygens (including phenoxy) is 1. The van der Waals surface area contributed by atoms with Crippen LogP contribution in [0.4, 0.5) is 0 Å². The van der Waals surface area contributed by atoms with Crippen LogP contribution >= 0.6 is 0 Å². The quantitative estimate of drug-likeness (QED) is 0.704. The number of rotatable bonds is 3. The third-order valence-electron chi connectivity index (χ3n) is 3.58. The van der Waals surface area contributed by atoms with Gasteiger partial charge in [0.25, 0.3) is 0 Å². The van der Waals surface area contributed by atoms with Gasteiger partial charge in [0.15, 0.2) is 0 Å². The minimum Gasteiger partial charge on any atom is -0.376 e. The molecular formula is C12H19N3O2. The second-order valence-electron chi connectivity index (χ2n) is 4.78. The topological polar surface area (TPSA) is 56.6 Å². The zero-order chi connectivity index (χ0) is 12.3. The summed E-state index contributed by atoms with van der Waals surface area (Å²) in [7, 11) is 1.91. The predicted molar refractivity (Wildman–Crippen MR) is 62.2 cm³/mol. The van der Waals surface area contributed by atoms with E-state index in [0.717, 1.165) is 32.5 Å². The van der Waals surface area contributed by atoms with Crippen LogP contribution in [0, 0.1) is 11.3 Å². The van der Waals surface area contributed by atoms with Crippen molar-refractivity contribution in [3.63, 3.8) is 0 Å². The third kappa shape index (κ3) is 2.76. The van der Waals surface area contributed by atoms with Gasteiger partial charge in [0.2, 0.25) is 5.91 Å². The molecule has 2 aliphatic rings. The normalized spacial score (nSPS) is 30.6. The highest BCUT2D eigenvalue weighted by Gasteiger charge is 2.34. The van der Waals surface area contributed by atoms with Crippen LogP contribution in [0.2, 0.25) is 0 Å². The zero-order valence-electron chi connectivity index (χ0n) is 10.3. The van der Waals surface area contributed by atoms with Gasteiger partial charge in [-0.2, -0.15) is 5.26 Å². The Bertz CT molecular complexity index is 320. The van der Waals surface area contributed by atoms with Crippen molar-refractivity contribution in [1.29, 1.82) is 5.26 Å². The Balaban J connectivity index is 1.94. The molecule has 0 aromatic carbocycles. The summed E-state index contributed by atoms with van der Waals surface area (Å²) in [6, 6.07) is 1.82. The van der Waals surface area contributed by atoms with E-state index < -0.39 is 0 Å². The minimum absolute atomic E-state index is 0.0794. The van der Waals surface area contributed by atoms with E-state index >= 15 is 0 Å². The summed E-state index contributed by atoms with van der Waals surface area (Å²) in [6.07, 6.45) is 2.61. The zero-order valence-corrected chi connectivity index (χ0v) is 10.3. The summed E-state index contributed by atoms with van der Waals surface area (Å²) in [5.74, 6) is 0.0794. The van der Waals surface area contributed by atoms with Crippen molar-refractivity contribution >= 4 is 5.91 Å². The van der Waals surface area contributed by atoms with Crippen LogP contribution in [0.25, 0.3) is 0 Å². The standard InChI is InChI=1S/C12H19N3O2/c1-14-6-7-15(9-10-3-2-8-17-10)12(16)11(14)4-5-13/h10-11H,2-4,6-9H2,1H3. The van der Waals surface area contributed by atoms with Crippen LogP contribution in [0.15, 0.2) is 0 Å². The van der Waals surface area contributed by atoms with E-state index in [1.165, 1.54) is 0 Å². The fraction of sp³-hybridized carbons (Fsp3) is 0.833. The number of nitrogens with zero attached hydrogens (tertiary/aromatic N) is 3. The Hall–Kier alpha value is -1.12. The molecule has 5 heteroatoms. The molecule has 0 N–H and O–H groups in total. The van der Waals surface area contributed by atoms with Crippen molar-refractivity contribution in [2.45, 2.75) is 31.4 Å². The highest BCUT2D eigenvalue weighted by Crippen LogP contribution is 2.17. The lowest BCUT2D eigenvalue weighted by molar-refractivity contribution is -0.142. The molecule has 2 heterocycles. The molecule has 0 aromatic rings. The molecule has 2 fully saturated rings. The highest BCUT2D eigenvalue weighted by molar-refractivity contribution is 5.83. The molecule has 94 valence electrons. The fourth-order valence-corrected chi connectivity index (χ4v) is 2.49. The first kappa shape index (κ1) is 12.3. The Morgan fingerprint density at radius 2 is 2.35 bits per heavy atom. The van der Waals surface area contributed by atoms with E-state index in [1.807, 2.05) is 16.8 Å². The highest BCUT2D eigenvalue weighted by atomic mass is 16.5. The number of carbonyl (C=O) groups is 1. The lowest BCUT2D eigenvalue weighted by atomic mass is 10.1. The van der Waals surface area contributed by atoms with E-state index in [-0.39, 0.29) is 24.5 Å². The molecule has 0 bridgehead atoms. The van der Waals surface area contributed by atoms with Gasteiger partial charge < -0.3 is 9.64 Å². The van der Waals surface area contributed by atoms with Crippen LogP contribution < -0.4 is 0 Å². The molecule has 0 radical (unpaired) electrons. The van der Waals surface area contributed by atoms with Crippen LogP contribution in [0.1, 0.15) is 19.3 Å². The molecule has 5 nitrogen and oxygen atoms in total. The number of likely N-dealkylation sites (N-methyl/N-ethyl adjacent to an activating group) is 1. The molecule has 0 saturated carbocycles. The van der Waals surface area contributed by atoms with Gasteiger partial charge in [-0.05, 0) is 19.9 Å². The smallest absolute Gasteiger partial charge is 0.241 e. The van der Waals surface area contributed by atoms with E-state index in [9.17, 15) is 4.79 Å². The van der Waals surface area contributed by atoms with Crippen LogP contribution in [0.5, 0.6) is 0 Å². The first-order chi connectivity index (χ1) is 8.22. The number of hydrogen-bond acceptors (Lipinski definition) is 4. The number of carbonyl (C=O) groups excluding carboxylic acids is 1. The molecule has 2 rings (SSSR count). The monoisotopic (exact) mass is 237 g/mol. The van der Waals surface area contributed by atoms with Crippen molar-refractivity contribution in [2.24, 2.45) is 0 Å². The lowest BCUT2D eigenvalue weighted by Crippen LogP contribution is -2.56. The Morgan fingerprint density at radius 3 is 3.00 bits per heavy atom. The first-order valence-electron chi connectivity index (χ1n) is 6.20. The molecule has 2 aliphatic heterocycles. The van der Waals surface area contributed by atoms with Gasteiger partial charge in [0.1, 0.15) is 6.04 Å². The molecule has 17 heavy (non-hydrogen) atoms. The maximum Gasteiger partial charge on any atom is 0.241 e. The van der Waals surface area contributed by atoms with E-state index in [0.29, 0.717) is 6.54 Å². The molecule has 2 unspecified atom stereocenters. The fourth-order valence-electron chi connectivity index (χ4n) is 2.49. The maximum atomic E-state index is 12.2. The van der Waals surface area contributed by atoms with E-state index in [2.05, 4.69) is 6.07 Å². The van der Waals surface area contributed by atoms with Crippen molar-refractivity contribution in [2.75, 3.05) is 33.3 Å². The number of hydrogen-bond donors (Lipinski definition) is 0. The predicted octanol–water partition coefficient (Wildman–Crippen LogP) is 0.222. The van der Waals surface area contributed by atoms with Gasteiger partial charge in [-0.25, -0.2) is 0 Å². The molecule has 2 saturated heterocycles. The summed E-state index contributed by atoms with van der Waals surface area (Å²) in [5, 5.41) is 8.75. The molecule has 0 aliphatic carbocycles. The first-order valence-corrected chi connectivity index (χ1v) is 6.20. The molecule has 0 spiro atoms. The third-order valence-corrected chi connectivity index (χ3v) is 3.58. The summed E-state index contributed by atoms with van der Waals surface area (Å²) in [6.45, 7) is 3.09. The Kier molecular flexibility index (Phi) is 3.97. The molecular weight excluding hydrogens is 218 g/mol. The second-order valence-corrected chi connectivity index (χ2v) is 4.78. The number of amides is 1. The van der Waals surface area contributed by atoms with Crippen molar-refractivity contribution in [3.05, 3.63) is 0 Å². The SMILES string of the molecule is CN1CCN(CC2CCCO2)C(=O)C1CC#N. The van der Waals surface area contributed by atoms with Crippen molar-refractivity contribution in [3.8, 4) is 6.07 Å². The largest absolute Gasteiger partial charge is 0.376 e. The van der Waals surface area contributed by atoms with E-state index in [4.69, 9.17) is 10.00 Å². The van der Waals surface area contributed by atoms with Crippen LogP contribution in [0.3, 0.4) is 0 Å². The maximum absolute atomic E-state index is 12.2. The Morgan fingerprint density at radius 1 is 1.53 bits per heavy atom. The summed E-state index contributed by atoms with van der Waals surface area (Å²) >= 11 is 0. The van der Waals surface area contributed by atoms with Gasteiger partial charge in [-0.3, -0.25) is 9.69 Å². The van der Waals surface area contributed by atoms with Crippen LogP contribution in [-0.2, 0) is 9.53 Å². The number of piperazine rings is 1. The Labute approximate surface area is 102 Å². The van der Waals surface area contributed by atoms with E-state index in [1.54, 1.807) is 0 Å². The summed E-state index contributed by atoms with van der Waals surface area (Å²) < 4.78 is 5.55. The average molecular weight is 237 g/mol. The van der Waals surface area contributed by atoms with Gasteiger partial charge in [0, 0.05) is 26.2 Å². The summed E-state index contributed by atoms with van der Waals surface area (Å²) in [5.41, 5.74) is 0. The van der Waals surface area contributed by atoms with Gasteiger partial charge in [-0.1, -0.05) is 0 Å². The molecule has 0 aromatic heterocycles. The van der Waals surface area contributed by atoms with Gasteiger partial charge in [0.05, 0.1) is 18.6 Å². The average Bonchev–Trinajstić information content (AvgIpc) is 2.81. The van der Waals surface area contributed by atoms with Crippen LogP contribution in [-0.4, -0.2) is 61.1 Å². The van der Waals surface area contributed by atoms with Gasteiger partial charge in [-0.15, -0.1) is 0 Å². The second kappa shape index (κ2) is 5.48.